The largest absolute Gasteiger partial charge is 0.467 e. The lowest BCUT2D eigenvalue weighted by Crippen LogP contribution is -2.32. The van der Waals surface area contributed by atoms with Gasteiger partial charge in [-0.2, -0.15) is 0 Å². The Labute approximate surface area is 65.2 Å². The summed E-state index contributed by atoms with van der Waals surface area (Å²) < 4.78 is 4.24. The molecule has 4 heteroatoms. The highest BCUT2D eigenvalue weighted by Crippen LogP contribution is 2.05. The molecule has 0 aromatic heterocycles. The molecule has 0 rings (SSSR count). The smallest absolute Gasteiger partial charge is 0.335 e. The van der Waals surface area contributed by atoms with E-state index in [0.29, 0.717) is 0 Å². The van der Waals surface area contributed by atoms with Crippen molar-refractivity contribution in [2.75, 3.05) is 7.11 Å². The van der Waals surface area contributed by atoms with Gasteiger partial charge in [0.15, 0.2) is 6.10 Å². The molecule has 64 valence electrons. The van der Waals surface area contributed by atoms with Crippen LogP contribution < -0.4 is 0 Å². The zero-order valence-corrected chi connectivity index (χ0v) is 6.83. The number of Topliss-reactive ketones (excluding diaryl/α,β-unsaturated/α-hetero) is 1. The zero-order chi connectivity index (χ0) is 9.02. The van der Waals surface area contributed by atoms with Gasteiger partial charge in [-0.15, -0.1) is 0 Å². The summed E-state index contributed by atoms with van der Waals surface area (Å²) in [4.78, 5) is 21.3. The zero-order valence-electron chi connectivity index (χ0n) is 6.83. The molecule has 0 aliphatic carbocycles. The Hall–Kier alpha value is -0.900. The first-order valence-corrected chi connectivity index (χ1v) is 3.27. The number of ether oxygens (including phenoxy) is 1. The number of carbonyl (C=O) groups is 2. The number of aliphatic hydroxyl groups is 1. The molecule has 2 atom stereocenters. The van der Waals surface area contributed by atoms with E-state index in [4.69, 9.17) is 5.11 Å². The third kappa shape index (κ3) is 2.67. The van der Waals surface area contributed by atoms with Crippen LogP contribution in [0.1, 0.15) is 13.8 Å². The van der Waals surface area contributed by atoms with E-state index in [-0.39, 0.29) is 5.78 Å². The second-order valence-electron chi connectivity index (χ2n) is 2.37. The van der Waals surface area contributed by atoms with Crippen LogP contribution in [0.25, 0.3) is 0 Å². The third-order valence-corrected chi connectivity index (χ3v) is 1.56. The fraction of sp³-hybridized carbons (Fsp3) is 0.714. The van der Waals surface area contributed by atoms with Crippen molar-refractivity contribution in [2.24, 2.45) is 5.92 Å². The molecule has 0 amide bonds. The van der Waals surface area contributed by atoms with Gasteiger partial charge in [0.05, 0.1) is 13.0 Å². The van der Waals surface area contributed by atoms with Crippen LogP contribution in [0.2, 0.25) is 0 Å². The monoisotopic (exact) mass is 160 g/mol. The molecule has 0 saturated carbocycles. The Balaban J connectivity index is 4.12. The number of methoxy groups -OCH3 is 1. The minimum absolute atomic E-state index is 0.233. The predicted molar refractivity (Wildman–Crippen MR) is 37.9 cm³/mol. The molecule has 1 N–H and O–H groups in total. The number of carbonyl (C=O) groups excluding carboxylic acids is 2. The minimum atomic E-state index is -1.34. The highest BCUT2D eigenvalue weighted by Gasteiger charge is 2.25. The van der Waals surface area contributed by atoms with Crippen molar-refractivity contribution in [3.05, 3.63) is 0 Å². The summed E-state index contributed by atoms with van der Waals surface area (Å²) in [5.74, 6) is -1.70. The molecule has 0 spiro atoms. The summed E-state index contributed by atoms with van der Waals surface area (Å²) in [6, 6.07) is 0. The Morgan fingerprint density at radius 2 is 1.91 bits per heavy atom. The van der Waals surface area contributed by atoms with E-state index in [0.717, 1.165) is 0 Å². The first-order valence-electron chi connectivity index (χ1n) is 3.27. The standard InChI is InChI=1S/C7H12O4/c1-4(5(2)8)6(9)7(10)11-3/h4,6,9H,1-3H3/t4-,6-/m1/s1. The molecule has 0 bridgehead atoms. The molecular formula is C7H12O4. The van der Waals surface area contributed by atoms with Crippen LogP contribution in [0.3, 0.4) is 0 Å². The fourth-order valence-corrected chi connectivity index (χ4v) is 0.547. The fourth-order valence-electron chi connectivity index (χ4n) is 0.547. The summed E-state index contributed by atoms with van der Waals surface area (Å²) in [6.07, 6.45) is -1.34. The lowest BCUT2D eigenvalue weighted by atomic mass is 10.0. The van der Waals surface area contributed by atoms with Crippen molar-refractivity contribution in [3.63, 3.8) is 0 Å². The van der Waals surface area contributed by atoms with E-state index in [2.05, 4.69) is 4.74 Å². The number of esters is 1. The topological polar surface area (TPSA) is 63.6 Å². The third-order valence-electron chi connectivity index (χ3n) is 1.56. The summed E-state index contributed by atoms with van der Waals surface area (Å²) >= 11 is 0. The molecule has 11 heavy (non-hydrogen) atoms. The minimum Gasteiger partial charge on any atom is -0.467 e. The Morgan fingerprint density at radius 3 is 2.18 bits per heavy atom. The van der Waals surface area contributed by atoms with Crippen molar-refractivity contribution in [3.8, 4) is 0 Å². The number of aliphatic hydroxyl groups excluding tert-OH is 1. The number of hydrogen-bond acceptors (Lipinski definition) is 4. The normalized spacial score (nSPS) is 15.3. The average Bonchev–Trinajstić information content (AvgIpc) is 2.00. The molecule has 4 nitrogen and oxygen atoms in total. The van der Waals surface area contributed by atoms with Crippen LogP contribution in [0.5, 0.6) is 0 Å². The molecule has 0 aromatic carbocycles. The maximum absolute atomic E-state index is 10.6. The second kappa shape index (κ2) is 4.08. The molecule has 0 aliphatic heterocycles. The van der Waals surface area contributed by atoms with E-state index >= 15 is 0 Å². The Bertz CT molecular complexity index is 164. The van der Waals surface area contributed by atoms with Gasteiger partial charge in [0.25, 0.3) is 0 Å². The summed E-state index contributed by atoms with van der Waals surface area (Å²) in [5.41, 5.74) is 0. The van der Waals surface area contributed by atoms with Crippen LogP contribution >= 0.6 is 0 Å². The highest BCUT2D eigenvalue weighted by molar-refractivity contribution is 5.86. The molecule has 0 aliphatic rings. The van der Waals surface area contributed by atoms with Gasteiger partial charge in [-0.05, 0) is 6.92 Å². The van der Waals surface area contributed by atoms with Gasteiger partial charge in [-0.25, -0.2) is 4.79 Å². The van der Waals surface area contributed by atoms with Crippen LogP contribution in [0, 0.1) is 5.92 Å². The number of hydrogen-bond donors (Lipinski definition) is 1. The quantitative estimate of drug-likeness (QED) is 0.578. The van der Waals surface area contributed by atoms with E-state index in [1.807, 2.05) is 0 Å². The Kier molecular flexibility index (Phi) is 3.74. The predicted octanol–water partition coefficient (Wildman–Crippen LogP) is -0.255. The molecule has 0 saturated heterocycles. The van der Waals surface area contributed by atoms with Crippen LogP contribution in [0.15, 0.2) is 0 Å². The number of ketones is 1. The van der Waals surface area contributed by atoms with E-state index in [9.17, 15) is 9.59 Å². The van der Waals surface area contributed by atoms with Gasteiger partial charge in [0.1, 0.15) is 5.78 Å². The van der Waals surface area contributed by atoms with Crippen LogP contribution in [0.4, 0.5) is 0 Å². The summed E-state index contributed by atoms with van der Waals surface area (Å²) in [5, 5.41) is 9.06. The molecular weight excluding hydrogens is 148 g/mol. The van der Waals surface area contributed by atoms with Crippen molar-refractivity contribution in [1.82, 2.24) is 0 Å². The van der Waals surface area contributed by atoms with Gasteiger partial charge in [-0.1, -0.05) is 6.92 Å². The molecule has 0 fully saturated rings. The van der Waals surface area contributed by atoms with E-state index in [1.165, 1.54) is 21.0 Å². The van der Waals surface area contributed by atoms with E-state index in [1.54, 1.807) is 0 Å². The second-order valence-corrected chi connectivity index (χ2v) is 2.37. The lowest BCUT2D eigenvalue weighted by molar-refractivity contribution is -0.155. The van der Waals surface area contributed by atoms with Crippen molar-refractivity contribution < 1.29 is 19.4 Å². The Morgan fingerprint density at radius 1 is 1.45 bits per heavy atom. The van der Waals surface area contributed by atoms with Gasteiger partial charge in [0, 0.05) is 0 Å². The van der Waals surface area contributed by atoms with Crippen LogP contribution in [-0.2, 0) is 14.3 Å². The average molecular weight is 160 g/mol. The lowest BCUT2D eigenvalue weighted by Gasteiger charge is -2.12. The van der Waals surface area contributed by atoms with Gasteiger partial charge in [0.2, 0.25) is 0 Å². The number of rotatable bonds is 3. The van der Waals surface area contributed by atoms with Crippen molar-refractivity contribution >= 4 is 11.8 Å². The summed E-state index contributed by atoms with van der Waals surface area (Å²) in [6.45, 7) is 2.79. The van der Waals surface area contributed by atoms with Crippen LogP contribution in [-0.4, -0.2) is 30.1 Å². The van der Waals surface area contributed by atoms with Gasteiger partial charge < -0.3 is 9.84 Å². The van der Waals surface area contributed by atoms with Crippen molar-refractivity contribution in [1.29, 1.82) is 0 Å². The first-order chi connectivity index (χ1) is 5.00. The first kappa shape index (κ1) is 10.1. The highest BCUT2D eigenvalue weighted by atomic mass is 16.5. The van der Waals surface area contributed by atoms with Gasteiger partial charge >= 0.3 is 5.97 Å². The van der Waals surface area contributed by atoms with Crippen molar-refractivity contribution in [2.45, 2.75) is 20.0 Å². The maximum atomic E-state index is 10.6. The van der Waals surface area contributed by atoms with E-state index < -0.39 is 18.0 Å². The van der Waals surface area contributed by atoms with Gasteiger partial charge in [-0.3, -0.25) is 4.79 Å². The maximum Gasteiger partial charge on any atom is 0.335 e. The summed E-state index contributed by atoms with van der Waals surface area (Å²) in [7, 11) is 1.17. The molecule has 0 heterocycles. The molecule has 0 unspecified atom stereocenters. The molecule has 0 aromatic rings. The SMILES string of the molecule is COC(=O)[C@H](O)[C@H](C)C(C)=O. The molecule has 0 radical (unpaired) electrons.